The molecule has 0 heterocycles. The summed E-state index contributed by atoms with van der Waals surface area (Å²) in [6.07, 6.45) is 7.87. The summed E-state index contributed by atoms with van der Waals surface area (Å²) in [7, 11) is 0. The summed E-state index contributed by atoms with van der Waals surface area (Å²) < 4.78 is 0. The highest BCUT2D eigenvalue weighted by Gasteiger charge is 2.51. The zero-order valence-corrected chi connectivity index (χ0v) is 15.8. The molecule has 4 fully saturated rings. The number of amides is 1. The first-order valence-corrected chi connectivity index (χ1v) is 10.1. The lowest BCUT2D eigenvalue weighted by Crippen LogP contribution is -2.62. The largest absolute Gasteiger partial charge is 0.349 e. The van der Waals surface area contributed by atoms with Crippen molar-refractivity contribution in [1.82, 2.24) is 10.6 Å². The van der Waals surface area contributed by atoms with Gasteiger partial charge in [0, 0.05) is 11.6 Å². The van der Waals surface area contributed by atoms with Crippen LogP contribution in [0.5, 0.6) is 0 Å². The number of rotatable bonds is 5. The number of carbonyl (C=O) groups excluding carboxylic acids is 1. The molecular weight excluding hydrogens is 308 g/mol. The van der Waals surface area contributed by atoms with Gasteiger partial charge in [-0.3, -0.25) is 10.1 Å². The molecule has 1 aromatic carbocycles. The molecule has 2 unspecified atom stereocenters. The number of aryl methyl sites for hydroxylation is 1. The summed E-state index contributed by atoms with van der Waals surface area (Å²) in [5.41, 5.74) is 2.65. The van der Waals surface area contributed by atoms with Gasteiger partial charge in [0.15, 0.2) is 0 Å². The van der Waals surface area contributed by atoms with Crippen molar-refractivity contribution in [3.63, 3.8) is 0 Å². The minimum absolute atomic E-state index is 0.105. The molecule has 4 bridgehead atoms. The molecule has 0 saturated heterocycles. The lowest BCUT2D eigenvalue weighted by atomic mass is 9.53. The highest BCUT2D eigenvalue weighted by molar-refractivity contribution is 5.82. The highest BCUT2D eigenvalue weighted by Crippen LogP contribution is 2.55. The third kappa shape index (κ3) is 3.36. The lowest BCUT2D eigenvalue weighted by molar-refractivity contribution is -0.128. The molecule has 25 heavy (non-hydrogen) atoms. The van der Waals surface area contributed by atoms with Gasteiger partial charge in [-0.15, -0.1) is 0 Å². The molecule has 4 saturated carbocycles. The first-order valence-electron chi connectivity index (χ1n) is 10.1. The maximum atomic E-state index is 12.9. The van der Waals surface area contributed by atoms with Crippen LogP contribution in [-0.4, -0.2) is 17.5 Å². The fraction of sp³-hybridized carbons (Fsp3) is 0.682. The zero-order chi connectivity index (χ0) is 17.6. The summed E-state index contributed by atoms with van der Waals surface area (Å²) >= 11 is 0. The van der Waals surface area contributed by atoms with E-state index in [2.05, 4.69) is 48.7 Å². The Morgan fingerprint density at radius 3 is 2.16 bits per heavy atom. The highest BCUT2D eigenvalue weighted by atomic mass is 16.2. The first-order chi connectivity index (χ1) is 11.9. The zero-order valence-electron chi connectivity index (χ0n) is 15.8. The Hall–Kier alpha value is -1.35. The van der Waals surface area contributed by atoms with E-state index in [-0.39, 0.29) is 23.5 Å². The minimum Gasteiger partial charge on any atom is -0.349 e. The molecule has 4 aliphatic carbocycles. The summed E-state index contributed by atoms with van der Waals surface area (Å²) in [4.78, 5) is 12.9. The SMILES string of the molecule is Cc1ccccc1C(C)NC(C)C(=O)NC12CC3CC(CC(C3)C1)C2. The van der Waals surface area contributed by atoms with Crippen molar-refractivity contribution in [3.8, 4) is 0 Å². The smallest absolute Gasteiger partial charge is 0.237 e. The maximum absolute atomic E-state index is 12.9. The molecular formula is C22H32N2O. The second-order valence-electron chi connectivity index (χ2n) is 9.15. The fourth-order valence-electron chi connectivity index (χ4n) is 6.25. The predicted octanol–water partition coefficient (Wildman–Crippen LogP) is 4.12. The van der Waals surface area contributed by atoms with Crippen LogP contribution in [-0.2, 0) is 4.79 Å². The predicted molar refractivity (Wildman–Crippen MR) is 101 cm³/mol. The Bertz CT molecular complexity index is 618. The number of hydrogen-bond donors (Lipinski definition) is 2. The standard InChI is InChI=1S/C22H32N2O/c1-14-6-4-5-7-20(14)15(2)23-16(3)21(25)24-22-11-17-8-18(12-22)10-19(9-17)13-22/h4-7,15-19,23H,8-13H2,1-3H3,(H,24,25). The third-order valence-electron chi connectivity index (χ3n) is 6.97. The van der Waals surface area contributed by atoms with Crippen molar-refractivity contribution in [2.75, 3.05) is 0 Å². The van der Waals surface area contributed by atoms with Crippen LogP contribution in [0, 0.1) is 24.7 Å². The monoisotopic (exact) mass is 340 g/mol. The van der Waals surface area contributed by atoms with Crippen LogP contribution in [0.3, 0.4) is 0 Å². The second-order valence-corrected chi connectivity index (χ2v) is 9.15. The molecule has 0 aromatic heterocycles. The van der Waals surface area contributed by atoms with Crippen LogP contribution in [0.25, 0.3) is 0 Å². The molecule has 4 aliphatic rings. The van der Waals surface area contributed by atoms with Gasteiger partial charge >= 0.3 is 0 Å². The van der Waals surface area contributed by atoms with Crippen LogP contribution in [0.2, 0.25) is 0 Å². The Morgan fingerprint density at radius 1 is 1.04 bits per heavy atom. The Morgan fingerprint density at radius 2 is 1.60 bits per heavy atom. The van der Waals surface area contributed by atoms with E-state index in [1.165, 1.54) is 49.7 Å². The second kappa shape index (κ2) is 6.42. The number of benzene rings is 1. The van der Waals surface area contributed by atoms with Crippen molar-refractivity contribution in [3.05, 3.63) is 35.4 Å². The normalized spacial score (nSPS) is 35.4. The molecule has 2 atom stereocenters. The van der Waals surface area contributed by atoms with Gasteiger partial charge in [-0.2, -0.15) is 0 Å². The quantitative estimate of drug-likeness (QED) is 0.846. The van der Waals surface area contributed by atoms with E-state index in [9.17, 15) is 4.79 Å². The molecule has 2 N–H and O–H groups in total. The van der Waals surface area contributed by atoms with Crippen molar-refractivity contribution in [1.29, 1.82) is 0 Å². The molecule has 5 rings (SSSR count). The number of hydrogen-bond acceptors (Lipinski definition) is 2. The Kier molecular flexibility index (Phi) is 4.39. The molecule has 3 heteroatoms. The van der Waals surface area contributed by atoms with E-state index >= 15 is 0 Å². The van der Waals surface area contributed by atoms with Crippen LogP contribution in [0.4, 0.5) is 0 Å². The summed E-state index contributed by atoms with van der Waals surface area (Å²) in [5.74, 6) is 2.77. The molecule has 0 aliphatic heterocycles. The Balaban J connectivity index is 1.39. The van der Waals surface area contributed by atoms with Gasteiger partial charge in [-0.1, -0.05) is 24.3 Å². The molecule has 1 aromatic rings. The van der Waals surface area contributed by atoms with E-state index in [4.69, 9.17) is 0 Å². The van der Waals surface area contributed by atoms with Crippen LogP contribution in [0.15, 0.2) is 24.3 Å². The lowest BCUT2D eigenvalue weighted by Gasteiger charge is -2.57. The van der Waals surface area contributed by atoms with E-state index in [0.29, 0.717) is 0 Å². The van der Waals surface area contributed by atoms with E-state index in [1.54, 1.807) is 0 Å². The van der Waals surface area contributed by atoms with E-state index < -0.39 is 0 Å². The van der Waals surface area contributed by atoms with Gasteiger partial charge in [0.05, 0.1) is 6.04 Å². The van der Waals surface area contributed by atoms with Gasteiger partial charge in [0.2, 0.25) is 5.91 Å². The first kappa shape index (κ1) is 17.1. The third-order valence-corrected chi connectivity index (χ3v) is 6.97. The average molecular weight is 341 g/mol. The number of carbonyl (C=O) groups is 1. The van der Waals surface area contributed by atoms with Crippen LogP contribution in [0.1, 0.15) is 69.5 Å². The summed E-state index contributed by atoms with van der Waals surface area (Å²) in [6, 6.07) is 8.43. The molecule has 0 radical (unpaired) electrons. The molecule has 136 valence electrons. The van der Waals surface area contributed by atoms with Gasteiger partial charge in [0.1, 0.15) is 0 Å². The van der Waals surface area contributed by atoms with Crippen molar-refractivity contribution in [2.45, 2.75) is 76.9 Å². The molecule has 1 amide bonds. The van der Waals surface area contributed by atoms with Gasteiger partial charge < -0.3 is 5.32 Å². The van der Waals surface area contributed by atoms with Gasteiger partial charge in [-0.05, 0) is 88.2 Å². The van der Waals surface area contributed by atoms with Crippen LogP contribution < -0.4 is 10.6 Å². The summed E-state index contributed by atoms with van der Waals surface area (Å²) in [6.45, 7) is 6.29. The van der Waals surface area contributed by atoms with E-state index in [1.807, 2.05) is 6.92 Å². The number of nitrogens with one attached hydrogen (secondary N) is 2. The van der Waals surface area contributed by atoms with Crippen molar-refractivity contribution >= 4 is 5.91 Å². The molecule has 0 spiro atoms. The average Bonchev–Trinajstić information content (AvgIpc) is 2.53. The minimum atomic E-state index is -0.164. The fourth-order valence-corrected chi connectivity index (χ4v) is 6.25. The van der Waals surface area contributed by atoms with E-state index in [0.717, 1.165) is 17.8 Å². The Labute approximate surface area is 152 Å². The van der Waals surface area contributed by atoms with Crippen LogP contribution >= 0.6 is 0 Å². The van der Waals surface area contributed by atoms with Gasteiger partial charge in [0.25, 0.3) is 0 Å². The molecule has 3 nitrogen and oxygen atoms in total. The van der Waals surface area contributed by atoms with Gasteiger partial charge in [-0.25, -0.2) is 0 Å². The maximum Gasteiger partial charge on any atom is 0.237 e. The van der Waals surface area contributed by atoms with Crippen molar-refractivity contribution in [2.24, 2.45) is 17.8 Å². The van der Waals surface area contributed by atoms with Crippen molar-refractivity contribution < 1.29 is 4.79 Å². The summed E-state index contributed by atoms with van der Waals surface area (Å²) in [5, 5.41) is 7.00. The topological polar surface area (TPSA) is 41.1 Å².